The molecule has 0 aliphatic carbocycles. The van der Waals surface area contributed by atoms with Gasteiger partial charge in [0.1, 0.15) is 5.82 Å². The van der Waals surface area contributed by atoms with Crippen LogP contribution in [0.15, 0.2) is 0 Å². The highest BCUT2D eigenvalue weighted by Crippen LogP contribution is 2.17. The average molecular weight is 279 g/mol. The van der Waals surface area contributed by atoms with Crippen molar-refractivity contribution in [2.45, 2.75) is 57.7 Å². The number of hydrogen-bond donors (Lipinski definition) is 2. The molecule has 0 radical (unpaired) electrons. The van der Waals surface area contributed by atoms with Crippen molar-refractivity contribution in [3.8, 4) is 0 Å². The molecular formula is C14H25N5O. The Kier molecular flexibility index (Phi) is 4.21. The van der Waals surface area contributed by atoms with Gasteiger partial charge in [0.2, 0.25) is 5.95 Å². The molecule has 3 rings (SSSR count). The predicted octanol–water partition coefficient (Wildman–Crippen LogP) is 1.10. The minimum absolute atomic E-state index is 0.311. The average Bonchev–Trinajstić information content (AvgIpc) is 2.87. The molecule has 0 saturated carbocycles. The Balaban J connectivity index is 1.61. The van der Waals surface area contributed by atoms with Crippen LogP contribution in [0.4, 0.5) is 5.95 Å². The lowest BCUT2D eigenvalue weighted by atomic mass is 10.1. The zero-order chi connectivity index (χ0) is 13.9. The fourth-order valence-corrected chi connectivity index (χ4v) is 3.19. The van der Waals surface area contributed by atoms with E-state index < -0.39 is 0 Å². The summed E-state index contributed by atoms with van der Waals surface area (Å²) in [4.78, 5) is 6.91. The van der Waals surface area contributed by atoms with Crippen molar-refractivity contribution in [3.05, 3.63) is 5.82 Å². The molecule has 1 aromatic heterocycles. The second kappa shape index (κ2) is 6.10. The summed E-state index contributed by atoms with van der Waals surface area (Å²) in [5, 5.41) is 11.0. The summed E-state index contributed by atoms with van der Waals surface area (Å²) in [6.07, 6.45) is 4.75. The maximum absolute atomic E-state index is 5.76. The molecule has 0 bridgehead atoms. The van der Waals surface area contributed by atoms with E-state index >= 15 is 0 Å². The van der Waals surface area contributed by atoms with E-state index in [9.17, 15) is 0 Å². The van der Waals surface area contributed by atoms with Crippen molar-refractivity contribution in [2.24, 2.45) is 0 Å². The maximum Gasteiger partial charge on any atom is 0.244 e. The SMILES string of the molecule is CC1CN(c2n[nH]c(CC3CCCCO3)n2)CC(C)N1. The first-order valence-electron chi connectivity index (χ1n) is 7.74. The number of anilines is 1. The lowest BCUT2D eigenvalue weighted by Crippen LogP contribution is -2.54. The van der Waals surface area contributed by atoms with Gasteiger partial charge in [-0.05, 0) is 33.1 Å². The Labute approximate surface area is 120 Å². The first kappa shape index (κ1) is 13.8. The van der Waals surface area contributed by atoms with Crippen molar-refractivity contribution < 1.29 is 4.74 Å². The molecule has 1 aromatic rings. The first-order valence-corrected chi connectivity index (χ1v) is 7.74. The molecule has 0 aromatic carbocycles. The number of H-pyrrole nitrogens is 1. The minimum Gasteiger partial charge on any atom is -0.378 e. The van der Waals surface area contributed by atoms with Gasteiger partial charge in [0, 0.05) is 38.2 Å². The number of rotatable bonds is 3. The third kappa shape index (κ3) is 3.30. The molecule has 20 heavy (non-hydrogen) atoms. The van der Waals surface area contributed by atoms with Crippen LogP contribution in [0.2, 0.25) is 0 Å². The van der Waals surface area contributed by atoms with Gasteiger partial charge in [-0.2, -0.15) is 4.98 Å². The summed E-state index contributed by atoms with van der Waals surface area (Å²) in [5.41, 5.74) is 0. The Bertz CT molecular complexity index is 419. The van der Waals surface area contributed by atoms with Crippen LogP contribution in [0.25, 0.3) is 0 Å². The van der Waals surface area contributed by atoms with E-state index in [1.807, 2.05) is 0 Å². The number of aromatic amines is 1. The van der Waals surface area contributed by atoms with Gasteiger partial charge < -0.3 is 15.0 Å². The Morgan fingerprint density at radius 2 is 2.05 bits per heavy atom. The van der Waals surface area contributed by atoms with E-state index in [1.165, 1.54) is 12.8 Å². The predicted molar refractivity (Wildman–Crippen MR) is 78.0 cm³/mol. The van der Waals surface area contributed by atoms with Gasteiger partial charge >= 0.3 is 0 Å². The second-order valence-electron chi connectivity index (χ2n) is 6.15. The van der Waals surface area contributed by atoms with Gasteiger partial charge in [-0.25, -0.2) is 0 Å². The molecule has 0 amide bonds. The summed E-state index contributed by atoms with van der Waals surface area (Å²) in [7, 11) is 0. The Morgan fingerprint density at radius 3 is 2.75 bits per heavy atom. The third-order valence-electron chi connectivity index (χ3n) is 4.06. The van der Waals surface area contributed by atoms with Gasteiger partial charge in [0.15, 0.2) is 0 Å². The quantitative estimate of drug-likeness (QED) is 0.867. The molecule has 3 heterocycles. The van der Waals surface area contributed by atoms with Gasteiger partial charge in [0.25, 0.3) is 0 Å². The minimum atomic E-state index is 0.311. The van der Waals surface area contributed by atoms with E-state index in [4.69, 9.17) is 4.74 Å². The highest BCUT2D eigenvalue weighted by Gasteiger charge is 2.24. The van der Waals surface area contributed by atoms with Crippen LogP contribution in [-0.4, -0.2) is 53.1 Å². The van der Waals surface area contributed by atoms with Crippen molar-refractivity contribution >= 4 is 5.95 Å². The molecule has 2 aliphatic rings. The molecule has 2 aliphatic heterocycles. The molecule has 6 heteroatoms. The van der Waals surface area contributed by atoms with E-state index in [0.717, 1.165) is 44.3 Å². The zero-order valence-electron chi connectivity index (χ0n) is 12.4. The van der Waals surface area contributed by atoms with Crippen molar-refractivity contribution in [2.75, 3.05) is 24.6 Å². The van der Waals surface area contributed by atoms with E-state index in [2.05, 4.69) is 39.2 Å². The van der Waals surface area contributed by atoms with Gasteiger partial charge in [-0.3, -0.25) is 5.10 Å². The molecular weight excluding hydrogens is 254 g/mol. The fourth-order valence-electron chi connectivity index (χ4n) is 3.19. The number of hydrogen-bond acceptors (Lipinski definition) is 5. The summed E-state index contributed by atoms with van der Waals surface area (Å²) in [5.74, 6) is 1.78. The van der Waals surface area contributed by atoms with E-state index in [0.29, 0.717) is 18.2 Å². The zero-order valence-corrected chi connectivity index (χ0v) is 12.4. The van der Waals surface area contributed by atoms with Crippen molar-refractivity contribution in [1.82, 2.24) is 20.5 Å². The molecule has 0 spiro atoms. The largest absolute Gasteiger partial charge is 0.378 e. The molecule has 2 saturated heterocycles. The van der Waals surface area contributed by atoms with Crippen molar-refractivity contribution in [1.29, 1.82) is 0 Å². The van der Waals surface area contributed by atoms with Crippen LogP contribution < -0.4 is 10.2 Å². The summed E-state index contributed by atoms with van der Waals surface area (Å²) in [6, 6.07) is 0.949. The van der Waals surface area contributed by atoms with Crippen LogP contribution in [0.1, 0.15) is 38.9 Å². The summed E-state index contributed by atoms with van der Waals surface area (Å²) >= 11 is 0. The fraction of sp³-hybridized carbons (Fsp3) is 0.857. The maximum atomic E-state index is 5.76. The first-order chi connectivity index (χ1) is 9.70. The van der Waals surface area contributed by atoms with Crippen LogP contribution in [0.3, 0.4) is 0 Å². The van der Waals surface area contributed by atoms with Gasteiger partial charge in [-0.15, -0.1) is 5.10 Å². The third-order valence-corrected chi connectivity index (χ3v) is 4.06. The lowest BCUT2D eigenvalue weighted by molar-refractivity contribution is 0.0157. The molecule has 2 N–H and O–H groups in total. The Morgan fingerprint density at radius 1 is 1.25 bits per heavy atom. The van der Waals surface area contributed by atoms with Crippen LogP contribution in [0.5, 0.6) is 0 Å². The molecule has 3 atom stereocenters. The lowest BCUT2D eigenvalue weighted by Gasteiger charge is -2.35. The van der Waals surface area contributed by atoms with Gasteiger partial charge in [-0.1, -0.05) is 0 Å². The molecule has 2 fully saturated rings. The number of ether oxygens (including phenoxy) is 1. The highest BCUT2D eigenvalue weighted by molar-refractivity contribution is 5.30. The Hall–Kier alpha value is -1.14. The van der Waals surface area contributed by atoms with Crippen LogP contribution in [0, 0.1) is 0 Å². The van der Waals surface area contributed by atoms with E-state index in [1.54, 1.807) is 0 Å². The summed E-state index contributed by atoms with van der Waals surface area (Å²) in [6.45, 7) is 7.21. The standard InChI is InChI=1S/C14H25N5O/c1-10-8-19(9-11(2)15-10)14-16-13(17-18-14)7-12-5-3-4-6-20-12/h10-12,15H,3-9H2,1-2H3,(H,16,17,18). The number of piperazine rings is 1. The molecule has 6 nitrogen and oxygen atoms in total. The van der Waals surface area contributed by atoms with Crippen LogP contribution in [-0.2, 0) is 11.2 Å². The highest BCUT2D eigenvalue weighted by atomic mass is 16.5. The summed E-state index contributed by atoms with van der Waals surface area (Å²) < 4.78 is 5.76. The van der Waals surface area contributed by atoms with Crippen LogP contribution >= 0.6 is 0 Å². The number of aromatic nitrogens is 3. The number of nitrogens with one attached hydrogen (secondary N) is 2. The smallest absolute Gasteiger partial charge is 0.244 e. The molecule has 3 unspecified atom stereocenters. The second-order valence-corrected chi connectivity index (χ2v) is 6.15. The molecule has 112 valence electrons. The van der Waals surface area contributed by atoms with E-state index in [-0.39, 0.29) is 0 Å². The van der Waals surface area contributed by atoms with Gasteiger partial charge in [0.05, 0.1) is 6.10 Å². The normalized spacial score (nSPS) is 31.5. The topological polar surface area (TPSA) is 66.1 Å². The monoisotopic (exact) mass is 279 g/mol. The van der Waals surface area contributed by atoms with Crippen molar-refractivity contribution in [3.63, 3.8) is 0 Å². The number of nitrogens with zero attached hydrogens (tertiary/aromatic N) is 3.